The van der Waals surface area contributed by atoms with Gasteiger partial charge in [0.05, 0.1) is 30.1 Å². The number of fused-ring (bicyclic) bond motifs is 1. The Labute approximate surface area is 195 Å². The van der Waals surface area contributed by atoms with Crippen LogP contribution in [-0.4, -0.2) is 33.1 Å². The van der Waals surface area contributed by atoms with Crippen LogP contribution < -0.4 is 15.8 Å². The summed E-state index contributed by atoms with van der Waals surface area (Å²) < 4.78 is 1.40. The van der Waals surface area contributed by atoms with Crippen molar-refractivity contribution in [1.82, 2.24) is 20.1 Å². The molecule has 8 nitrogen and oxygen atoms in total. The summed E-state index contributed by atoms with van der Waals surface area (Å²) in [5, 5.41) is 8.72. The van der Waals surface area contributed by atoms with Crippen molar-refractivity contribution in [2.45, 2.75) is 19.5 Å². The average molecular weight is 454 g/mol. The van der Waals surface area contributed by atoms with E-state index < -0.39 is 5.92 Å². The van der Waals surface area contributed by atoms with Crippen LogP contribution in [0.3, 0.4) is 0 Å². The predicted octanol–water partition coefficient (Wildman–Crippen LogP) is 2.51. The van der Waals surface area contributed by atoms with Gasteiger partial charge < -0.3 is 10.2 Å². The lowest BCUT2D eigenvalue weighted by atomic mass is 10.1. The highest BCUT2D eigenvalue weighted by atomic mass is 16.2. The van der Waals surface area contributed by atoms with Gasteiger partial charge in [-0.05, 0) is 29.8 Å². The number of para-hydroxylation sites is 1. The Bertz CT molecular complexity index is 1400. The van der Waals surface area contributed by atoms with Crippen molar-refractivity contribution in [2.75, 3.05) is 11.4 Å². The number of hydrogen-bond donors (Lipinski definition) is 1. The van der Waals surface area contributed by atoms with Crippen LogP contribution in [-0.2, 0) is 22.7 Å². The summed E-state index contributed by atoms with van der Waals surface area (Å²) in [6, 6.07) is 20.3. The summed E-state index contributed by atoms with van der Waals surface area (Å²) in [6.45, 7) is 0.771. The van der Waals surface area contributed by atoms with E-state index in [0.717, 1.165) is 11.3 Å². The third kappa shape index (κ3) is 4.30. The quantitative estimate of drug-likeness (QED) is 0.484. The number of carbonyl (C=O) groups excluding carboxylic acids is 2. The molecule has 0 radical (unpaired) electrons. The van der Waals surface area contributed by atoms with Gasteiger partial charge >= 0.3 is 0 Å². The summed E-state index contributed by atoms with van der Waals surface area (Å²) >= 11 is 0. The number of aromatic nitrogens is 3. The number of amides is 2. The fourth-order valence-corrected chi connectivity index (χ4v) is 4.26. The molecule has 1 unspecified atom stereocenters. The van der Waals surface area contributed by atoms with Crippen molar-refractivity contribution in [3.63, 3.8) is 0 Å². The summed E-state index contributed by atoms with van der Waals surface area (Å²) in [5.41, 5.74) is 2.04. The minimum atomic E-state index is -0.444. The second-order valence-corrected chi connectivity index (χ2v) is 8.28. The molecule has 0 spiro atoms. The fraction of sp³-hybridized carbons (Fsp3) is 0.192. The predicted molar refractivity (Wildman–Crippen MR) is 128 cm³/mol. The second-order valence-electron chi connectivity index (χ2n) is 8.28. The molecule has 3 heterocycles. The number of hydrogen-bond acceptors (Lipinski definition) is 5. The number of pyridine rings is 1. The van der Waals surface area contributed by atoms with Gasteiger partial charge in [-0.15, -0.1) is 0 Å². The molecule has 2 aromatic carbocycles. The first-order valence-electron chi connectivity index (χ1n) is 11.1. The normalized spacial score (nSPS) is 15.6. The van der Waals surface area contributed by atoms with E-state index in [1.54, 1.807) is 23.4 Å². The maximum absolute atomic E-state index is 13.0. The van der Waals surface area contributed by atoms with Gasteiger partial charge in [-0.2, -0.15) is 5.10 Å². The summed E-state index contributed by atoms with van der Waals surface area (Å²) in [6.07, 6.45) is 3.53. The van der Waals surface area contributed by atoms with Gasteiger partial charge in [0, 0.05) is 36.4 Å². The molecule has 0 aliphatic carbocycles. The van der Waals surface area contributed by atoms with E-state index in [9.17, 15) is 14.4 Å². The lowest BCUT2D eigenvalue weighted by molar-refractivity contribution is -0.126. The largest absolute Gasteiger partial charge is 0.350 e. The molecule has 1 saturated heterocycles. The summed E-state index contributed by atoms with van der Waals surface area (Å²) in [7, 11) is 0. The number of nitrogens with zero attached hydrogens (tertiary/aromatic N) is 4. The Hall–Kier alpha value is -4.33. The molecule has 4 aromatic rings. The molecule has 170 valence electrons. The van der Waals surface area contributed by atoms with Crippen molar-refractivity contribution in [3.8, 4) is 0 Å². The molecule has 2 amide bonds. The second kappa shape index (κ2) is 9.27. The zero-order valence-electron chi connectivity index (χ0n) is 18.4. The molecule has 1 atom stereocenters. The van der Waals surface area contributed by atoms with Crippen LogP contribution in [0, 0.1) is 5.92 Å². The molecule has 0 saturated carbocycles. The van der Waals surface area contributed by atoms with Crippen molar-refractivity contribution in [1.29, 1.82) is 0 Å². The first kappa shape index (κ1) is 21.5. The van der Waals surface area contributed by atoms with Gasteiger partial charge in [-0.1, -0.05) is 42.5 Å². The molecule has 1 aliphatic heterocycles. The Morgan fingerprint density at radius 1 is 0.971 bits per heavy atom. The average Bonchev–Trinajstić information content (AvgIpc) is 3.27. The molecule has 1 N–H and O–H groups in total. The first-order chi connectivity index (χ1) is 16.6. The van der Waals surface area contributed by atoms with E-state index >= 15 is 0 Å². The number of nitrogens with one attached hydrogen (secondary N) is 1. The number of anilines is 1. The molecule has 8 heteroatoms. The minimum absolute atomic E-state index is 0.0695. The highest BCUT2D eigenvalue weighted by molar-refractivity contribution is 6.00. The van der Waals surface area contributed by atoms with Gasteiger partial charge in [0.2, 0.25) is 11.8 Å². The number of rotatable bonds is 6. The zero-order valence-corrected chi connectivity index (χ0v) is 18.4. The van der Waals surface area contributed by atoms with E-state index in [1.807, 2.05) is 60.7 Å². The topological polar surface area (TPSA) is 97.2 Å². The van der Waals surface area contributed by atoms with Crippen LogP contribution >= 0.6 is 0 Å². The third-order valence-electron chi connectivity index (χ3n) is 5.99. The summed E-state index contributed by atoms with van der Waals surface area (Å²) in [5.74, 6) is -0.720. The molecular weight excluding hydrogens is 430 g/mol. The van der Waals surface area contributed by atoms with Crippen molar-refractivity contribution in [3.05, 3.63) is 101 Å². The third-order valence-corrected chi connectivity index (χ3v) is 5.99. The highest BCUT2D eigenvalue weighted by Crippen LogP contribution is 2.25. The van der Waals surface area contributed by atoms with E-state index in [2.05, 4.69) is 15.4 Å². The molecule has 5 rings (SSSR count). The van der Waals surface area contributed by atoms with Crippen LogP contribution in [0.5, 0.6) is 0 Å². The van der Waals surface area contributed by atoms with Gasteiger partial charge in [-0.3, -0.25) is 19.4 Å². The van der Waals surface area contributed by atoms with Crippen LogP contribution in [0.25, 0.3) is 10.8 Å². The fourth-order valence-electron chi connectivity index (χ4n) is 4.26. The Morgan fingerprint density at radius 2 is 1.74 bits per heavy atom. The lowest BCUT2D eigenvalue weighted by Crippen LogP contribution is -2.34. The zero-order chi connectivity index (χ0) is 23.5. The van der Waals surface area contributed by atoms with Crippen LogP contribution in [0.4, 0.5) is 5.69 Å². The van der Waals surface area contributed by atoms with Crippen LogP contribution in [0.2, 0.25) is 0 Å². The Morgan fingerprint density at radius 3 is 2.50 bits per heavy atom. The minimum Gasteiger partial charge on any atom is -0.350 e. The standard InChI is InChI=1S/C26H23N5O3/c32-24-13-19(17-30(24)20-8-2-1-3-9-20)25(33)28-15-23-21-10-4-5-11-22(21)26(34)31(29-23)16-18-7-6-12-27-14-18/h1-12,14,19H,13,15-17H2,(H,28,33). The Balaban J connectivity index is 1.35. The lowest BCUT2D eigenvalue weighted by Gasteiger charge is -2.17. The van der Waals surface area contributed by atoms with E-state index in [-0.39, 0.29) is 36.9 Å². The van der Waals surface area contributed by atoms with Crippen LogP contribution in [0.15, 0.2) is 83.9 Å². The smallest absolute Gasteiger partial charge is 0.274 e. The van der Waals surface area contributed by atoms with Gasteiger partial charge in [0.15, 0.2) is 0 Å². The number of carbonyl (C=O) groups is 2. The molecular formula is C26H23N5O3. The van der Waals surface area contributed by atoms with E-state index in [1.165, 1.54) is 4.68 Å². The van der Waals surface area contributed by atoms with Gasteiger partial charge in [-0.25, -0.2) is 4.68 Å². The summed E-state index contributed by atoms with van der Waals surface area (Å²) in [4.78, 5) is 44.1. The van der Waals surface area contributed by atoms with Crippen molar-refractivity contribution >= 4 is 28.3 Å². The first-order valence-corrected chi connectivity index (χ1v) is 11.1. The van der Waals surface area contributed by atoms with Gasteiger partial charge in [0.25, 0.3) is 5.56 Å². The molecule has 2 aromatic heterocycles. The van der Waals surface area contributed by atoms with Gasteiger partial charge in [0.1, 0.15) is 0 Å². The van der Waals surface area contributed by atoms with Crippen LogP contribution in [0.1, 0.15) is 17.7 Å². The molecule has 34 heavy (non-hydrogen) atoms. The SMILES string of the molecule is O=C(NCc1nn(Cc2cccnc2)c(=O)c2ccccc12)C1CC(=O)N(c2ccccc2)C1. The molecule has 1 fully saturated rings. The highest BCUT2D eigenvalue weighted by Gasteiger charge is 2.35. The van der Waals surface area contributed by atoms with E-state index in [0.29, 0.717) is 23.0 Å². The molecule has 0 bridgehead atoms. The van der Waals surface area contributed by atoms with E-state index in [4.69, 9.17) is 0 Å². The monoisotopic (exact) mass is 453 g/mol. The Kier molecular flexibility index (Phi) is 5.86. The maximum atomic E-state index is 13.0. The van der Waals surface area contributed by atoms with Crippen molar-refractivity contribution < 1.29 is 9.59 Å². The number of benzene rings is 2. The maximum Gasteiger partial charge on any atom is 0.274 e. The van der Waals surface area contributed by atoms with Crippen molar-refractivity contribution in [2.24, 2.45) is 5.92 Å². The molecule has 1 aliphatic rings.